The number of ether oxygens (including phenoxy) is 2. The molecule has 2 aromatic carbocycles. The van der Waals surface area contributed by atoms with E-state index < -0.39 is 15.9 Å². The van der Waals surface area contributed by atoms with Crippen LogP contribution in [0.2, 0.25) is 0 Å². The number of amides is 1. The van der Waals surface area contributed by atoms with Crippen LogP contribution in [0, 0.1) is 0 Å². The van der Waals surface area contributed by atoms with Gasteiger partial charge in [0.05, 0.1) is 18.0 Å². The van der Waals surface area contributed by atoms with Crippen LogP contribution in [-0.2, 0) is 14.6 Å². The molecule has 2 atom stereocenters. The number of methoxy groups -OCH3 is 1. The van der Waals surface area contributed by atoms with Crippen LogP contribution in [0.4, 0.5) is 0 Å². The lowest BCUT2D eigenvalue weighted by molar-refractivity contribution is -0.128. The summed E-state index contributed by atoms with van der Waals surface area (Å²) in [6, 6.07) is 13.3. The van der Waals surface area contributed by atoms with Crippen molar-refractivity contribution in [3.05, 3.63) is 54.1 Å². The fraction of sp³-hybridized carbons (Fsp3) is 0.350. The number of carbonyl (C=O) groups excluding carboxylic acids is 1. The molecule has 0 unspecified atom stereocenters. The zero-order valence-electron chi connectivity index (χ0n) is 15.9. The Balaban J connectivity index is 2.04. The fourth-order valence-corrected chi connectivity index (χ4v) is 3.18. The molecule has 0 aliphatic carbocycles. The molecule has 0 aliphatic rings. The Labute approximate surface area is 160 Å². The second-order valence-electron chi connectivity index (χ2n) is 6.27. The van der Waals surface area contributed by atoms with E-state index >= 15 is 0 Å². The number of rotatable bonds is 8. The molecule has 0 heterocycles. The number of nitrogens with one attached hydrogen (secondary N) is 1. The number of carbonyl (C=O) groups is 1. The average molecular weight is 391 g/mol. The van der Waals surface area contributed by atoms with Gasteiger partial charge in [0.15, 0.2) is 15.9 Å². The van der Waals surface area contributed by atoms with E-state index in [2.05, 4.69) is 5.32 Å². The van der Waals surface area contributed by atoms with Gasteiger partial charge < -0.3 is 14.8 Å². The smallest absolute Gasteiger partial charge is 0.261 e. The maximum Gasteiger partial charge on any atom is 0.261 e. The second-order valence-corrected chi connectivity index (χ2v) is 8.28. The van der Waals surface area contributed by atoms with E-state index in [1.807, 2.05) is 13.8 Å². The molecular formula is C20H25NO5S. The van der Waals surface area contributed by atoms with E-state index in [9.17, 15) is 13.2 Å². The van der Waals surface area contributed by atoms with Crippen molar-refractivity contribution in [3.8, 4) is 11.5 Å². The zero-order chi connectivity index (χ0) is 20.0. The topological polar surface area (TPSA) is 81.7 Å². The predicted octanol–water partition coefficient (Wildman–Crippen LogP) is 3.13. The van der Waals surface area contributed by atoms with Crippen LogP contribution in [-0.4, -0.2) is 33.8 Å². The maximum atomic E-state index is 12.6. The van der Waals surface area contributed by atoms with Gasteiger partial charge in [-0.3, -0.25) is 4.79 Å². The number of sulfone groups is 1. The summed E-state index contributed by atoms with van der Waals surface area (Å²) < 4.78 is 34.0. The summed E-state index contributed by atoms with van der Waals surface area (Å²) in [5.74, 6) is 0.976. The van der Waals surface area contributed by atoms with Gasteiger partial charge in [-0.15, -0.1) is 0 Å². The van der Waals surface area contributed by atoms with Crippen LogP contribution in [0.25, 0.3) is 0 Å². The van der Waals surface area contributed by atoms with Crippen LogP contribution < -0.4 is 14.8 Å². The van der Waals surface area contributed by atoms with Crippen LogP contribution >= 0.6 is 0 Å². The van der Waals surface area contributed by atoms with E-state index in [1.54, 1.807) is 43.5 Å². The van der Waals surface area contributed by atoms with Crippen molar-refractivity contribution in [1.29, 1.82) is 0 Å². The molecule has 0 aromatic heterocycles. The molecule has 1 amide bonds. The zero-order valence-corrected chi connectivity index (χ0v) is 16.7. The third-order valence-electron chi connectivity index (χ3n) is 4.15. The van der Waals surface area contributed by atoms with Crippen molar-refractivity contribution in [1.82, 2.24) is 5.32 Å². The molecule has 1 N–H and O–H groups in total. The highest BCUT2D eigenvalue weighted by atomic mass is 32.2. The molecule has 0 radical (unpaired) electrons. The van der Waals surface area contributed by atoms with Crippen LogP contribution in [0.5, 0.6) is 11.5 Å². The SMILES string of the molecule is CC[C@H](Oc1cccc(OC)c1)C(=O)N[C@H](C)c1ccc(S(C)(=O)=O)cc1. The summed E-state index contributed by atoms with van der Waals surface area (Å²) in [5.41, 5.74) is 0.812. The Morgan fingerprint density at radius 2 is 1.74 bits per heavy atom. The summed E-state index contributed by atoms with van der Waals surface area (Å²) in [5, 5.41) is 2.91. The lowest BCUT2D eigenvalue weighted by atomic mass is 10.1. The molecule has 0 fully saturated rings. The largest absolute Gasteiger partial charge is 0.497 e. The lowest BCUT2D eigenvalue weighted by Crippen LogP contribution is -2.39. The first-order chi connectivity index (χ1) is 12.7. The highest BCUT2D eigenvalue weighted by Crippen LogP contribution is 2.21. The minimum absolute atomic E-state index is 0.236. The van der Waals surface area contributed by atoms with Crippen molar-refractivity contribution in [2.24, 2.45) is 0 Å². The molecule has 27 heavy (non-hydrogen) atoms. The lowest BCUT2D eigenvalue weighted by Gasteiger charge is -2.21. The normalized spacial score (nSPS) is 13.5. The Hall–Kier alpha value is -2.54. The molecule has 7 heteroatoms. The first-order valence-electron chi connectivity index (χ1n) is 8.65. The van der Waals surface area contributed by atoms with Gasteiger partial charge in [0.1, 0.15) is 11.5 Å². The summed E-state index contributed by atoms with van der Waals surface area (Å²) in [4.78, 5) is 12.8. The van der Waals surface area contributed by atoms with Gasteiger partial charge in [0.25, 0.3) is 5.91 Å². The molecular weight excluding hydrogens is 366 g/mol. The second kappa shape index (κ2) is 8.90. The van der Waals surface area contributed by atoms with Crippen LogP contribution in [0.1, 0.15) is 31.9 Å². The Bertz CT molecular complexity index is 878. The molecule has 0 spiro atoms. The molecule has 146 valence electrons. The molecule has 2 rings (SSSR count). The van der Waals surface area contributed by atoms with E-state index in [0.29, 0.717) is 17.9 Å². The van der Waals surface area contributed by atoms with Crippen molar-refractivity contribution in [2.75, 3.05) is 13.4 Å². The molecule has 0 saturated heterocycles. The summed E-state index contributed by atoms with van der Waals surface area (Å²) in [6.45, 7) is 3.71. The number of hydrogen-bond donors (Lipinski definition) is 1. The maximum absolute atomic E-state index is 12.6. The quantitative estimate of drug-likeness (QED) is 0.748. The minimum Gasteiger partial charge on any atom is -0.497 e. The van der Waals surface area contributed by atoms with Crippen molar-refractivity contribution in [2.45, 2.75) is 37.3 Å². The van der Waals surface area contributed by atoms with E-state index in [0.717, 1.165) is 11.8 Å². The minimum atomic E-state index is -3.24. The number of hydrogen-bond acceptors (Lipinski definition) is 5. The van der Waals surface area contributed by atoms with Crippen molar-refractivity contribution >= 4 is 15.7 Å². The van der Waals surface area contributed by atoms with Crippen LogP contribution in [0.3, 0.4) is 0 Å². The third kappa shape index (κ3) is 5.72. The molecule has 2 aromatic rings. The van der Waals surface area contributed by atoms with E-state index in [4.69, 9.17) is 9.47 Å². The summed E-state index contributed by atoms with van der Waals surface area (Å²) in [7, 11) is -1.67. The van der Waals surface area contributed by atoms with Gasteiger partial charge in [-0.1, -0.05) is 25.1 Å². The number of benzene rings is 2. The van der Waals surface area contributed by atoms with Gasteiger partial charge in [0, 0.05) is 12.3 Å². The van der Waals surface area contributed by atoms with E-state index in [1.165, 1.54) is 12.1 Å². The summed E-state index contributed by atoms with van der Waals surface area (Å²) >= 11 is 0. The first kappa shape index (κ1) is 20.8. The Morgan fingerprint density at radius 1 is 1.11 bits per heavy atom. The Morgan fingerprint density at radius 3 is 2.30 bits per heavy atom. The molecule has 0 bridgehead atoms. The van der Waals surface area contributed by atoms with Crippen molar-refractivity contribution in [3.63, 3.8) is 0 Å². The van der Waals surface area contributed by atoms with Gasteiger partial charge in [-0.25, -0.2) is 8.42 Å². The highest BCUT2D eigenvalue weighted by molar-refractivity contribution is 7.90. The standard InChI is InChI=1S/C20H25NO5S/c1-5-19(26-17-8-6-7-16(13-17)25-3)20(22)21-14(2)15-9-11-18(12-10-15)27(4,23)24/h6-14,19H,5H2,1-4H3,(H,21,22)/t14-,19+/m1/s1. The monoisotopic (exact) mass is 391 g/mol. The fourth-order valence-electron chi connectivity index (χ4n) is 2.55. The van der Waals surface area contributed by atoms with Gasteiger partial charge in [0.2, 0.25) is 0 Å². The van der Waals surface area contributed by atoms with Crippen LogP contribution in [0.15, 0.2) is 53.4 Å². The van der Waals surface area contributed by atoms with E-state index in [-0.39, 0.29) is 16.8 Å². The average Bonchev–Trinajstić information content (AvgIpc) is 2.65. The predicted molar refractivity (Wildman–Crippen MR) is 104 cm³/mol. The first-order valence-corrected chi connectivity index (χ1v) is 10.5. The Kier molecular flexibility index (Phi) is 6.85. The molecule has 0 aliphatic heterocycles. The van der Waals surface area contributed by atoms with Gasteiger partial charge >= 0.3 is 0 Å². The van der Waals surface area contributed by atoms with Gasteiger partial charge in [-0.2, -0.15) is 0 Å². The molecule has 6 nitrogen and oxygen atoms in total. The summed E-state index contributed by atoms with van der Waals surface area (Å²) in [6.07, 6.45) is 1.02. The molecule has 0 saturated carbocycles. The highest BCUT2D eigenvalue weighted by Gasteiger charge is 2.21. The van der Waals surface area contributed by atoms with Gasteiger partial charge in [-0.05, 0) is 43.2 Å². The van der Waals surface area contributed by atoms with Crippen molar-refractivity contribution < 1.29 is 22.7 Å². The third-order valence-corrected chi connectivity index (χ3v) is 5.28.